The van der Waals surface area contributed by atoms with Crippen molar-refractivity contribution in [2.75, 3.05) is 14.2 Å². The topological polar surface area (TPSA) is 44.5 Å². The first-order chi connectivity index (χ1) is 8.60. The number of hydrogen-bond donors (Lipinski definition) is 1. The van der Waals surface area contributed by atoms with Gasteiger partial charge < -0.3 is 15.2 Å². The highest BCUT2D eigenvalue weighted by molar-refractivity contribution is 6.32. The van der Waals surface area contributed by atoms with Crippen LogP contribution in [-0.2, 0) is 4.74 Å². The Labute approximate surface area is 113 Å². The number of hydrogen-bond acceptors (Lipinski definition) is 3. The normalized spacial score (nSPS) is 19.1. The molecular weight excluding hydrogens is 250 g/mol. The molecule has 1 atom stereocenters. The van der Waals surface area contributed by atoms with Crippen LogP contribution in [0.5, 0.6) is 5.75 Å². The zero-order valence-corrected chi connectivity index (χ0v) is 11.7. The van der Waals surface area contributed by atoms with Crippen LogP contribution in [0.2, 0.25) is 5.02 Å². The summed E-state index contributed by atoms with van der Waals surface area (Å²) in [5, 5.41) is 0.602. The van der Waals surface area contributed by atoms with Gasteiger partial charge in [-0.05, 0) is 43.4 Å². The molecule has 3 nitrogen and oxygen atoms in total. The van der Waals surface area contributed by atoms with E-state index in [4.69, 9.17) is 26.8 Å². The van der Waals surface area contributed by atoms with Crippen molar-refractivity contribution < 1.29 is 9.47 Å². The molecule has 1 saturated carbocycles. The monoisotopic (exact) mass is 269 g/mol. The van der Waals surface area contributed by atoms with Gasteiger partial charge in [-0.25, -0.2) is 0 Å². The molecule has 0 aliphatic heterocycles. The van der Waals surface area contributed by atoms with Gasteiger partial charge in [0.15, 0.2) is 0 Å². The Morgan fingerprint density at radius 1 is 1.39 bits per heavy atom. The van der Waals surface area contributed by atoms with E-state index in [0.29, 0.717) is 10.8 Å². The van der Waals surface area contributed by atoms with Crippen molar-refractivity contribution in [3.8, 4) is 5.75 Å². The lowest BCUT2D eigenvalue weighted by atomic mass is 9.75. The predicted molar refractivity (Wildman–Crippen MR) is 73.1 cm³/mol. The summed E-state index contributed by atoms with van der Waals surface area (Å²) in [5.41, 5.74) is 7.26. The van der Waals surface area contributed by atoms with Gasteiger partial charge in [-0.3, -0.25) is 0 Å². The number of halogens is 1. The van der Waals surface area contributed by atoms with Crippen LogP contribution in [0.4, 0.5) is 0 Å². The highest BCUT2D eigenvalue weighted by Gasteiger charge is 2.38. The highest BCUT2D eigenvalue weighted by Crippen LogP contribution is 2.41. The smallest absolute Gasteiger partial charge is 0.137 e. The minimum absolute atomic E-state index is 0.0220. The number of ether oxygens (including phenoxy) is 2. The number of nitrogens with two attached hydrogens (primary N) is 1. The molecule has 2 rings (SSSR count). The van der Waals surface area contributed by atoms with Crippen molar-refractivity contribution in [1.82, 2.24) is 0 Å². The second-order valence-electron chi connectivity index (χ2n) is 4.95. The lowest BCUT2D eigenvalue weighted by molar-refractivity contribution is -0.0816. The molecule has 18 heavy (non-hydrogen) atoms. The number of benzene rings is 1. The summed E-state index contributed by atoms with van der Waals surface area (Å²) in [6.45, 7) is 0. The van der Waals surface area contributed by atoms with Gasteiger partial charge in [0, 0.05) is 13.2 Å². The molecule has 0 amide bonds. The Balaban J connectivity index is 2.09. The second kappa shape index (κ2) is 5.47. The predicted octanol–water partition coefficient (Wildman–Crippen LogP) is 3.31. The molecule has 4 heteroatoms. The third kappa shape index (κ3) is 2.63. The van der Waals surface area contributed by atoms with Gasteiger partial charge in [0.2, 0.25) is 0 Å². The van der Waals surface area contributed by atoms with Crippen LogP contribution >= 0.6 is 11.6 Å². The Hall–Kier alpha value is -0.770. The van der Waals surface area contributed by atoms with Crippen molar-refractivity contribution in [3.05, 3.63) is 28.8 Å². The SMILES string of the molecule is COc1ccc(C(N)CC2(OC)CCC2)cc1Cl. The van der Waals surface area contributed by atoms with Crippen LogP contribution in [0.15, 0.2) is 18.2 Å². The molecule has 0 aromatic heterocycles. The summed E-state index contributed by atoms with van der Waals surface area (Å²) in [7, 11) is 3.38. The van der Waals surface area contributed by atoms with Gasteiger partial charge in [0.1, 0.15) is 5.75 Å². The summed E-state index contributed by atoms with van der Waals surface area (Å²) in [6.07, 6.45) is 4.26. The second-order valence-corrected chi connectivity index (χ2v) is 5.35. The first-order valence-corrected chi connectivity index (χ1v) is 6.62. The lowest BCUT2D eigenvalue weighted by Crippen LogP contribution is -2.41. The maximum atomic E-state index is 6.25. The van der Waals surface area contributed by atoms with Crippen LogP contribution in [0.1, 0.15) is 37.3 Å². The summed E-state index contributed by atoms with van der Waals surface area (Å²) in [6, 6.07) is 5.66. The van der Waals surface area contributed by atoms with Gasteiger partial charge >= 0.3 is 0 Å². The molecule has 100 valence electrons. The quantitative estimate of drug-likeness (QED) is 0.892. The van der Waals surface area contributed by atoms with Crippen molar-refractivity contribution in [3.63, 3.8) is 0 Å². The van der Waals surface area contributed by atoms with E-state index in [1.54, 1.807) is 14.2 Å². The standard InChI is InChI=1S/C14H20ClNO2/c1-17-13-5-4-10(8-11(13)15)12(16)9-14(18-2)6-3-7-14/h4-5,8,12H,3,6-7,9,16H2,1-2H3. The molecule has 0 radical (unpaired) electrons. The first-order valence-electron chi connectivity index (χ1n) is 6.24. The fraction of sp³-hybridized carbons (Fsp3) is 0.571. The van der Waals surface area contributed by atoms with Crippen molar-refractivity contribution in [1.29, 1.82) is 0 Å². The minimum atomic E-state index is -0.0475. The number of methoxy groups -OCH3 is 2. The molecule has 0 heterocycles. The van der Waals surface area contributed by atoms with Crippen molar-refractivity contribution in [2.24, 2.45) is 5.73 Å². The van der Waals surface area contributed by atoms with Crippen LogP contribution in [0.3, 0.4) is 0 Å². The third-order valence-electron chi connectivity index (χ3n) is 3.89. The van der Waals surface area contributed by atoms with E-state index in [1.165, 1.54) is 6.42 Å². The summed E-state index contributed by atoms with van der Waals surface area (Å²) in [5.74, 6) is 0.678. The Morgan fingerprint density at radius 3 is 2.56 bits per heavy atom. The molecule has 0 spiro atoms. The zero-order valence-electron chi connectivity index (χ0n) is 10.9. The third-order valence-corrected chi connectivity index (χ3v) is 4.19. The van der Waals surface area contributed by atoms with Gasteiger partial charge in [0.05, 0.1) is 17.7 Å². The van der Waals surface area contributed by atoms with E-state index in [2.05, 4.69) is 0 Å². The maximum Gasteiger partial charge on any atom is 0.137 e. The highest BCUT2D eigenvalue weighted by atomic mass is 35.5. The average Bonchev–Trinajstić information content (AvgIpc) is 2.33. The van der Waals surface area contributed by atoms with Crippen LogP contribution in [0, 0.1) is 0 Å². The number of rotatable bonds is 5. The summed E-state index contributed by atoms with van der Waals surface area (Å²) >= 11 is 6.11. The average molecular weight is 270 g/mol. The van der Waals surface area contributed by atoms with E-state index in [0.717, 1.165) is 24.8 Å². The van der Waals surface area contributed by atoms with E-state index < -0.39 is 0 Å². The molecule has 1 aromatic rings. The largest absolute Gasteiger partial charge is 0.495 e. The minimum Gasteiger partial charge on any atom is -0.495 e. The molecule has 1 fully saturated rings. The molecule has 0 bridgehead atoms. The van der Waals surface area contributed by atoms with Gasteiger partial charge in [-0.1, -0.05) is 17.7 Å². The van der Waals surface area contributed by atoms with E-state index in [9.17, 15) is 0 Å². The molecule has 1 unspecified atom stereocenters. The Morgan fingerprint density at radius 2 is 2.11 bits per heavy atom. The van der Waals surface area contributed by atoms with Crippen LogP contribution in [0.25, 0.3) is 0 Å². The van der Waals surface area contributed by atoms with Crippen LogP contribution in [-0.4, -0.2) is 19.8 Å². The van der Waals surface area contributed by atoms with Crippen molar-refractivity contribution >= 4 is 11.6 Å². The van der Waals surface area contributed by atoms with E-state index in [1.807, 2.05) is 18.2 Å². The fourth-order valence-corrected chi connectivity index (χ4v) is 2.76. The van der Waals surface area contributed by atoms with E-state index >= 15 is 0 Å². The van der Waals surface area contributed by atoms with Gasteiger partial charge in [0.25, 0.3) is 0 Å². The molecule has 1 aliphatic rings. The Kier molecular flexibility index (Phi) is 4.15. The summed E-state index contributed by atoms with van der Waals surface area (Å²) in [4.78, 5) is 0. The first kappa shape index (κ1) is 13.7. The van der Waals surface area contributed by atoms with Crippen LogP contribution < -0.4 is 10.5 Å². The molecular formula is C14H20ClNO2. The molecule has 1 aliphatic carbocycles. The van der Waals surface area contributed by atoms with Gasteiger partial charge in [-0.15, -0.1) is 0 Å². The zero-order chi connectivity index (χ0) is 13.2. The molecule has 2 N–H and O–H groups in total. The lowest BCUT2D eigenvalue weighted by Gasteiger charge is -2.42. The van der Waals surface area contributed by atoms with Crippen molar-refractivity contribution in [2.45, 2.75) is 37.3 Å². The molecule has 1 aromatic carbocycles. The maximum absolute atomic E-state index is 6.25. The van der Waals surface area contributed by atoms with Gasteiger partial charge in [-0.2, -0.15) is 0 Å². The molecule has 0 saturated heterocycles. The fourth-order valence-electron chi connectivity index (χ4n) is 2.49. The summed E-state index contributed by atoms with van der Waals surface area (Å²) < 4.78 is 10.7. The Bertz CT molecular complexity index is 413. The van der Waals surface area contributed by atoms with E-state index in [-0.39, 0.29) is 11.6 Å².